The zero-order valence-corrected chi connectivity index (χ0v) is 17.0. The van der Waals surface area contributed by atoms with Gasteiger partial charge >= 0.3 is 0 Å². The van der Waals surface area contributed by atoms with Gasteiger partial charge in [0.05, 0.1) is 6.61 Å². The topological polar surface area (TPSA) is 9.23 Å². The first kappa shape index (κ1) is 18.8. The molecule has 0 aliphatic rings. The number of rotatable bonds is 7. The molecule has 3 aromatic rings. The Balaban J connectivity index is 2.11. The van der Waals surface area contributed by atoms with Gasteiger partial charge in [-0.1, -0.05) is 74.6 Å². The molecule has 0 aromatic heterocycles. The maximum Gasteiger partial charge on any atom is 0.134 e. The fraction of sp³-hybridized carbons (Fsp3) is 0.440. The van der Waals surface area contributed by atoms with Crippen molar-refractivity contribution in [1.29, 1.82) is 0 Å². The van der Waals surface area contributed by atoms with Crippen molar-refractivity contribution in [3.05, 3.63) is 53.1 Å². The molecule has 1 nitrogen and oxygen atoms in total. The Morgan fingerprint density at radius 3 is 2.12 bits per heavy atom. The van der Waals surface area contributed by atoms with E-state index >= 15 is 0 Å². The van der Waals surface area contributed by atoms with Crippen LogP contribution in [0.15, 0.2) is 36.4 Å². The molecule has 0 bridgehead atoms. The average molecular weight is 349 g/mol. The predicted octanol–water partition coefficient (Wildman–Crippen LogP) is 7.51. The van der Waals surface area contributed by atoms with Gasteiger partial charge in [-0.3, -0.25) is 0 Å². The number of hydrogen-bond donors (Lipinski definition) is 0. The van der Waals surface area contributed by atoms with Crippen molar-refractivity contribution in [2.75, 3.05) is 6.61 Å². The lowest BCUT2D eigenvalue weighted by Gasteiger charge is -2.20. The van der Waals surface area contributed by atoms with E-state index in [1.165, 1.54) is 63.9 Å². The van der Waals surface area contributed by atoms with Crippen molar-refractivity contribution in [2.24, 2.45) is 5.92 Å². The highest BCUT2D eigenvalue weighted by Crippen LogP contribution is 2.39. The Morgan fingerprint density at radius 1 is 0.808 bits per heavy atom. The minimum Gasteiger partial charge on any atom is -0.492 e. The maximum absolute atomic E-state index is 6.53. The second kappa shape index (κ2) is 8.12. The van der Waals surface area contributed by atoms with E-state index in [1.807, 2.05) is 0 Å². The smallest absolute Gasteiger partial charge is 0.134 e. The molecule has 0 amide bonds. The zero-order valence-electron chi connectivity index (χ0n) is 17.0. The molecule has 0 radical (unpaired) electrons. The van der Waals surface area contributed by atoms with E-state index in [9.17, 15) is 0 Å². The molecule has 0 N–H and O–H groups in total. The Bertz CT molecular complexity index is 907. The molecule has 1 atom stereocenters. The summed E-state index contributed by atoms with van der Waals surface area (Å²) in [4.78, 5) is 0. The Hall–Kier alpha value is -2.02. The van der Waals surface area contributed by atoms with Crippen LogP contribution in [0, 0.1) is 26.7 Å². The number of hydrogen-bond acceptors (Lipinski definition) is 1. The van der Waals surface area contributed by atoms with Crippen LogP contribution in [-0.4, -0.2) is 6.61 Å². The van der Waals surface area contributed by atoms with E-state index in [0.717, 1.165) is 12.4 Å². The lowest BCUT2D eigenvalue weighted by atomic mass is 9.94. The number of aryl methyl sites for hydroxylation is 3. The summed E-state index contributed by atoms with van der Waals surface area (Å²) in [6.45, 7) is 11.9. The van der Waals surface area contributed by atoms with Gasteiger partial charge in [0.2, 0.25) is 0 Å². The molecule has 0 aliphatic heterocycles. The van der Waals surface area contributed by atoms with Crippen molar-refractivity contribution in [3.8, 4) is 5.75 Å². The largest absolute Gasteiger partial charge is 0.492 e. The molecule has 3 aromatic carbocycles. The molecule has 0 heterocycles. The van der Waals surface area contributed by atoms with Crippen molar-refractivity contribution in [1.82, 2.24) is 0 Å². The molecule has 1 heteroatoms. The zero-order chi connectivity index (χ0) is 18.7. The Kier molecular flexibility index (Phi) is 5.86. The third-order valence-corrected chi connectivity index (χ3v) is 5.65. The van der Waals surface area contributed by atoms with Gasteiger partial charge in [-0.2, -0.15) is 0 Å². The molecule has 0 spiro atoms. The molecular weight excluding hydrogens is 316 g/mol. The number of ether oxygens (including phenoxy) is 1. The highest BCUT2D eigenvalue weighted by atomic mass is 16.5. The van der Waals surface area contributed by atoms with Gasteiger partial charge < -0.3 is 4.74 Å². The lowest BCUT2D eigenvalue weighted by molar-refractivity contribution is 0.238. The molecular formula is C25H32O. The van der Waals surface area contributed by atoms with Crippen LogP contribution in [0.4, 0.5) is 0 Å². The van der Waals surface area contributed by atoms with E-state index in [0.29, 0.717) is 5.92 Å². The van der Waals surface area contributed by atoms with E-state index in [4.69, 9.17) is 4.74 Å². The van der Waals surface area contributed by atoms with Gasteiger partial charge in [-0.25, -0.2) is 0 Å². The van der Waals surface area contributed by atoms with Crippen molar-refractivity contribution in [2.45, 2.75) is 60.3 Å². The van der Waals surface area contributed by atoms with Crippen LogP contribution in [0.2, 0.25) is 0 Å². The minimum absolute atomic E-state index is 0.636. The first-order valence-electron chi connectivity index (χ1n) is 10.1. The molecule has 0 saturated heterocycles. The Morgan fingerprint density at radius 2 is 1.46 bits per heavy atom. The van der Waals surface area contributed by atoms with E-state index in [-0.39, 0.29) is 0 Å². The summed E-state index contributed by atoms with van der Waals surface area (Å²) < 4.78 is 6.53. The SMILES string of the molecule is CCCCC(CC)COc1c2ccc(C)cc2c(C)c2ccc(C)cc12. The van der Waals surface area contributed by atoms with Crippen LogP contribution in [0.25, 0.3) is 21.5 Å². The van der Waals surface area contributed by atoms with Gasteiger partial charge in [0, 0.05) is 10.8 Å². The molecule has 138 valence electrons. The van der Waals surface area contributed by atoms with Gasteiger partial charge in [0.1, 0.15) is 5.75 Å². The fourth-order valence-corrected chi connectivity index (χ4v) is 3.88. The standard InChI is InChI=1S/C25H32O/c1-6-8-9-20(7-2)16-26-25-22-13-11-17(3)14-23(22)19(5)21-12-10-18(4)15-24(21)25/h10-15,20H,6-9,16H2,1-5H3. The molecule has 3 rings (SSSR count). The first-order valence-corrected chi connectivity index (χ1v) is 10.1. The molecule has 0 saturated carbocycles. The lowest BCUT2D eigenvalue weighted by Crippen LogP contribution is -2.12. The summed E-state index contributed by atoms with van der Waals surface area (Å²) in [7, 11) is 0. The van der Waals surface area contributed by atoms with Crippen LogP contribution in [0.3, 0.4) is 0 Å². The summed E-state index contributed by atoms with van der Waals surface area (Å²) in [6.07, 6.45) is 4.98. The molecule has 0 aliphatic carbocycles. The summed E-state index contributed by atoms with van der Waals surface area (Å²) in [5.41, 5.74) is 3.93. The van der Waals surface area contributed by atoms with Crippen LogP contribution in [0.5, 0.6) is 5.75 Å². The van der Waals surface area contributed by atoms with Gasteiger partial charge in [0.25, 0.3) is 0 Å². The van der Waals surface area contributed by atoms with E-state index in [1.54, 1.807) is 0 Å². The van der Waals surface area contributed by atoms with Gasteiger partial charge in [-0.05, 0) is 55.5 Å². The highest BCUT2D eigenvalue weighted by Gasteiger charge is 2.15. The second-order valence-corrected chi connectivity index (χ2v) is 7.78. The normalized spacial score (nSPS) is 12.7. The van der Waals surface area contributed by atoms with Crippen molar-refractivity contribution < 1.29 is 4.74 Å². The van der Waals surface area contributed by atoms with Crippen LogP contribution >= 0.6 is 0 Å². The second-order valence-electron chi connectivity index (χ2n) is 7.78. The van der Waals surface area contributed by atoms with Gasteiger partial charge in [-0.15, -0.1) is 0 Å². The minimum atomic E-state index is 0.636. The van der Waals surface area contributed by atoms with Crippen molar-refractivity contribution >= 4 is 21.5 Å². The fourth-order valence-electron chi connectivity index (χ4n) is 3.88. The maximum atomic E-state index is 6.53. The predicted molar refractivity (Wildman–Crippen MR) is 114 cm³/mol. The number of fused-ring (bicyclic) bond motifs is 2. The first-order chi connectivity index (χ1) is 12.5. The molecule has 0 fully saturated rings. The molecule has 26 heavy (non-hydrogen) atoms. The van der Waals surface area contributed by atoms with Crippen molar-refractivity contribution in [3.63, 3.8) is 0 Å². The number of benzene rings is 3. The third kappa shape index (κ3) is 3.72. The van der Waals surface area contributed by atoms with Crippen LogP contribution in [0.1, 0.15) is 56.2 Å². The van der Waals surface area contributed by atoms with Gasteiger partial charge in [0.15, 0.2) is 0 Å². The quantitative estimate of drug-likeness (QED) is 0.401. The summed E-state index contributed by atoms with van der Waals surface area (Å²) >= 11 is 0. The monoisotopic (exact) mass is 348 g/mol. The van der Waals surface area contributed by atoms with Crippen LogP contribution < -0.4 is 4.74 Å². The number of unbranched alkanes of at least 4 members (excludes halogenated alkanes) is 1. The average Bonchev–Trinajstić information content (AvgIpc) is 2.64. The van der Waals surface area contributed by atoms with Crippen LogP contribution in [-0.2, 0) is 0 Å². The molecule has 1 unspecified atom stereocenters. The Labute approximate surface area is 158 Å². The summed E-state index contributed by atoms with van der Waals surface area (Å²) in [6, 6.07) is 13.5. The third-order valence-electron chi connectivity index (χ3n) is 5.65. The summed E-state index contributed by atoms with van der Waals surface area (Å²) in [5.74, 6) is 1.70. The van der Waals surface area contributed by atoms with E-state index < -0.39 is 0 Å². The summed E-state index contributed by atoms with van der Waals surface area (Å²) in [5, 5.41) is 5.13. The van der Waals surface area contributed by atoms with E-state index in [2.05, 4.69) is 71.0 Å². The highest BCUT2D eigenvalue weighted by molar-refractivity contribution is 6.08.